The van der Waals surface area contributed by atoms with E-state index in [4.69, 9.17) is 11.1 Å². The van der Waals surface area contributed by atoms with Gasteiger partial charge in [-0.15, -0.1) is 11.3 Å². The van der Waals surface area contributed by atoms with Crippen molar-refractivity contribution in [2.45, 2.75) is 30.8 Å². The number of thiazole rings is 1. The fraction of sp³-hybridized carbons (Fsp3) is 0.212. The van der Waals surface area contributed by atoms with Crippen molar-refractivity contribution in [3.8, 4) is 0 Å². The van der Waals surface area contributed by atoms with E-state index in [0.717, 1.165) is 11.3 Å². The molecule has 6 N–H and O–H groups in total. The quantitative estimate of drug-likeness (QED) is 0.0576. The number of para-hydroxylation sites is 1. The first-order valence-corrected chi connectivity index (χ1v) is 17.5. The number of aromatic nitrogens is 1. The molecule has 15 heteroatoms. The third kappa shape index (κ3) is 8.76. The van der Waals surface area contributed by atoms with Crippen molar-refractivity contribution in [2.75, 3.05) is 18.0 Å². The topological polar surface area (TPSA) is 200 Å². The molecular weight excluding hydrogens is 653 g/mol. The Morgan fingerprint density at radius 3 is 2.38 bits per heavy atom. The number of benzodiazepines with no additional fused rings is 1. The fourth-order valence-corrected chi connectivity index (χ4v) is 7.02. The number of nitrogens with one attached hydrogen (secondary N) is 4. The lowest BCUT2D eigenvalue weighted by molar-refractivity contribution is -0.124. The van der Waals surface area contributed by atoms with Gasteiger partial charge >= 0.3 is 0 Å². The summed E-state index contributed by atoms with van der Waals surface area (Å²) >= 11 is 1.14. The molecular formula is C33H34N8O5S2. The number of benzene rings is 3. The van der Waals surface area contributed by atoms with Gasteiger partial charge in [-0.05, 0) is 24.5 Å². The molecule has 2 heterocycles. The number of carbonyl (C=O) groups excluding carboxylic acids is 3. The Balaban J connectivity index is 1.46. The van der Waals surface area contributed by atoms with Gasteiger partial charge < -0.3 is 16.4 Å². The number of fused-ring (bicyclic) bond motifs is 1. The Morgan fingerprint density at radius 1 is 1.00 bits per heavy atom. The molecule has 13 nitrogen and oxygen atoms in total. The van der Waals surface area contributed by atoms with E-state index in [-0.39, 0.29) is 23.1 Å². The summed E-state index contributed by atoms with van der Waals surface area (Å²) in [6.07, 6.45) is 0.495. The van der Waals surface area contributed by atoms with Crippen LogP contribution < -0.4 is 26.0 Å². The number of anilines is 1. The highest BCUT2D eigenvalue weighted by Crippen LogP contribution is 2.28. The molecule has 3 aromatic carbocycles. The van der Waals surface area contributed by atoms with Gasteiger partial charge in [-0.25, -0.2) is 13.4 Å². The van der Waals surface area contributed by atoms with Crippen LogP contribution in [-0.2, 0) is 25.4 Å². The molecule has 2 atom stereocenters. The second-order valence-electron chi connectivity index (χ2n) is 10.9. The Kier molecular flexibility index (Phi) is 11.1. The van der Waals surface area contributed by atoms with Gasteiger partial charge in [0.1, 0.15) is 6.54 Å². The number of nitrogens with two attached hydrogens (primary N) is 1. The second kappa shape index (κ2) is 15.6. The number of hydrogen-bond acceptors (Lipinski definition) is 9. The van der Waals surface area contributed by atoms with E-state index in [1.807, 2.05) is 6.07 Å². The van der Waals surface area contributed by atoms with Gasteiger partial charge in [0.2, 0.25) is 21.7 Å². The van der Waals surface area contributed by atoms with E-state index < -0.39 is 46.4 Å². The number of ketones is 1. The number of hydrogen-bond donors (Lipinski definition) is 5. The molecule has 0 spiro atoms. The highest BCUT2D eigenvalue weighted by Gasteiger charge is 2.36. The van der Waals surface area contributed by atoms with Crippen LogP contribution in [0.3, 0.4) is 0 Å². The lowest BCUT2D eigenvalue weighted by Gasteiger charge is -2.26. The van der Waals surface area contributed by atoms with Crippen LogP contribution in [-0.4, -0.2) is 68.0 Å². The van der Waals surface area contributed by atoms with Crippen LogP contribution in [0, 0.1) is 5.41 Å². The lowest BCUT2D eigenvalue weighted by atomic mass is 10.0. The number of Topliss-reactive ketones (excluding diaryl/α,β-unsaturated/α-hetero) is 1. The molecule has 4 aromatic rings. The van der Waals surface area contributed by atoms with Gasteiger partial charge in [0, 0.05) is 29.2 Å². The van der Waals surface area contributed by atoms with Crippen LogP contribution >= 0.6 is 11.3 Å². The molecule has 1 aliphatic heterocycles. The Hall–Kier alpha value is -5.25. The van der Waals surface area contributed by atoms with Crippen LogP contribution in [0.25, 0.3) is 0 Å². The van der Waals surface area contributed by atoms with Crippen molar-refractivity contribution in [3.63, 3.8) is 0 Å². The number of guanidine groups is 1. The molecule has 0 bridgehead atoms. The molecule has 0 aliphatic carbocycles. The van der Waals surface area contributed by atoms with Gasteiger partial charge in [0.15, 0.2) is 17.1 Å². The Labute approximate surface area is 281 Å². The van der Waals surface area contributed by atoms with Gasteiger partial charge in [-0.3, -0.25) is 29.7 Å². The number of amides is 2. The lowest BCUT2D eigenvalue weighted by Crippen LogP contribution is -2.52. The summed E-state index contributed by atoms with van der Waals surface area (Å²) in [4.78, 5) is 51.1. The van der Waals surface area contributed by atoms with E-state index >= 15 is 0 Å². The van der Waals surface area contributed by atoms with E-state index in [9.17, 15) is 22.8 Å². The molecule has 1 aliphatic rings. The standard InChI is InChI=1S/C33H34N8O5S2/c34-33(35)37-17-9-15-25(29(43)31-36-18-19-47-31)38-27(42)20-41-26-16-8-7-14-24(26)28(23-12-5-2-6-13-23)39-30(32(41)44)40-48(45,46)21-22-10-3-1-4-11-22/h1-8,10-14,16,18-19,25,30,40H,9,15,17,20-21H2,(H,38,42)(H4,34,35,37)/t25-,30?/m1/s1. The van der Waals surface area contributed by atoms with Crippen LogP contribution in [0.2, 0.25) is 0 Å². The second-order valence-corrected chi connectivity index (χ2v) is 13.5. The average molecular weight is 687 g/mol. The minimum Gasteiger partial charge on any atom is -0.370 e. The first kappa shape index (κ1) is 34.1. The number of sulfonamides is 1. The molecule has 0 fully saturated rings. The molecule has 1 unspecified atom stereocenters. The first-order chi connectivity index (χ1) is 23.1. The molecule has 48 heavy (non-hydrogen) atoms. The highest BCUT2D eigenvalue weighted by atomic mass is 32.2. The fourth-order valence-electron chi connectivity index (χ4n) is 5.18. The zero-order valence-corrected chi connectivity index (χ0v) is 27.3. The van der Waals surface area contributed by atoms with Crippen LogP contribution in [0.1, 0.15) is 39.3 Å². The van der Waals surface area contributed by atoms with Gasteiger partial charge in [-0.2, -0.15) is 4.72 Å². The van der Waals surface area contributed by atoms with Crippen LogP contribution in [0.4, 0.5) is 5.69 Å². The van der Waals surface area contributed by atoms with E-state index in [1.54, 1.807) is 84.2 Å². The highest BCUT2D eigenvalue weighted by molar-refractivity contribution is 7.88. The smallest absolute Gasteiger partial charge is 0.268 e. The molecule has 0 radical (unpaired) electrons. The molecule has 1 aromatic heterocycles. The number of aliphatic imine (C=N–C) groups is 1. The maximum absolute atomic E-state index is 14.2. The minimum atomic E-state index is -4.09. The molecule has 0 saturated heterocycles. The van der Waals surface area contributed by atoms with Gasteiger partial charge in [-0.1, -0.05) is 78.9 Å². The van der Waals surface area contributed by atoms with E-state index in [1.165, 1.54) is 11.1 Å². The molecule has 5 rings (SSSR count). The normalized spacial score (nSPS) is 15.1. The zero-order valence-electron chi connectivity index (χ0n) is 25.7. The first-order valence-electron chi connectivity index (χ1n) is 15.0. The summed E-state index contributed by atoms with van der Waals surface area (Å²) in [5.41, 5.74) is 7.76. The van der Waals surface area contributed by atoms with Crippen molar-refractivity contribution in [2.24, 2.45) is 10.7 Å². The average Bonchev–Trinajstić information content (AvgIpc) is 3.59. The van der Waals surface area contributed by atoms with Crippen molar-refractivity contribution in [3.05, 3.63) is 118 Å². The van der Waals surface area contributed by atoms with Crippen molar-refractivity contribution < 1.29 is 22.8 Å². The summed E-state index contributed by atoms with van der Waals surface area (Å²) < 4.78 is 29.2. The summed E-state index contributed by atoms with van der Waals surface area (Å²) in [6.45, 7) is -0.229. The monoisotopic (exact) mass is 686 g/mol. The Bertz CT molecular complexity index is 1900. The van der Waals surface area contributed by atoms with Gasteiger partial charge in [0.25, 0.3) is 5.91 Å². The summed E-state index contributed by atoms with van der Waals surface area (Å²) in [5.74, 6) is -2.42. The number of rotatable bonds is 14. The van der Waals surface area contributed by atoms with Gasteiger partial charge in [0.05, 0.1) is 23.2 Å². The maximum Gasteiger partial charge on any atom is 0.268 e. The SMILES string of the molecule is N=C(N)NCCC[C@@H](NC(=O)CN1C(=O)C(NS(=O)(=O)Cc2ccccc2)N=C(c2ccccc2)c2ccccc21)C(=O)c1nccs1. The van der Waals surface area contributed by atoms with Crippen molar-refractivity contribution >= 4 is 56.3 Å². The third-order valence-electron chi connectivity index (χ3n) is 7.33. The third-order valence-corrected chi connectivity index (χ3v) is 9.41. The number of nitrogens with zero attached hydrogens (tertiary/aromatic N) is 3. The van der Waals surface area contributed by atoms with Crippen molar-refractivity contribution in [1.82, 2.24) is 20.3 Å². The van der Waals surface area contributed by atoms with Crippen LogP contribution in [0.15, 0.2) is 101 Å². The van der Waals surface area contributed by atoms with E-state index in [2.05, 4.69) is 25.3 Å². The number of carbonyl (C=O) groups is 3. The molecule has 0 saturated carbocycles. The summed E-state index contributed by atoms with van der Waals surface area (Å²) in [5, 5.41) is 14.6. The predicted octanol–water partition coefficient (Wildman–Crippen LogP) is 2.40. The van der Waals surface area contributed by atoms with Crippen LogP contribution in [0.5, 0.6) is 0 Å². The van der Waals surface area contributed by atoms with Crippen molar-refractivity contribution in [1.29, 1.82) is 5.41 Å². The van der Waals surface area contributed by atoms with E-state index in [0.29, 0.717) is 41.1 Å². The summed E-state index contributed by atoms with van der Waals surface area (Å²) in [7, 11) is -4.09. The summed E-state index contributed by atoms with van der Waals surface area (Å²) in [6, 6.07) is 23.5. The minimum absolute atomic E-state index is 0.206. The molecule has 2 amide bonds. The zero-order chi connectivity index (χ0) is 34.1. The largest absolute Gasteiger partial charge is 0.370 e. The molecule has 248 valence electrons. The predicted molar refractivity (Wildman–Crippen MR) is 184 cm³/mol. The Morgan fingerprint density at radius 2 is 1.69 bits per heavy atom. The maximum atomic E-state index is 14.2.